The van der Waals surface area contributed by atoms with Gasteiger partial charge in [-0.15, -0.1) is 0 Å². The minimum atomic E-state index is -0.459. The number of hydrogen-bond acceptors (Lipinski definition) is 2. The Morgan fingerprint density at radius 2 is 2.16 bits per heavy atom. The molecule has 2 rings (SSSR count). The SMILES string of the molecule is CC(C)(C)OC(=O)N[C@@H]1CCCc2ccc(Br)cc21. The average Bonchev–Trinajstić information content (AvgIpc) is 2.27. The van der Waals surface area contributed by atoms with Crippen molar-refractivity contribution in [2.75, 3.05) is 0 Å². The Morgan fingerprint density at radius 1 is 1.42 bits per heavy atom. The van der Waals surface area contributed by atoms with Gasteiger partial charge in [-0.1, -0.05) is 22.0 Å². The number of amides is 1. The predicted molar refractivity (Wildman–Crippen MR) is 79.2 cm³/mol. The van der Waals surface area contributed by atoms with Crippen molar-refractivity contribution in [2.24, 2.45) is 0 Å². The van der Waals surface area contributed by atoms with Gasteiger partial charge in [0.25, 0.3) is 0 Å². The van der Waals surface area contributed by atoms with E-state index >= 15 is 0 Å². The second kappa shape index (κ2) is 5.53. The summed E-state index contributed by atoms with van der Waals surface area (Å²) in [6.07, 6.45) is 2.79. The summed E-state index contributed by atoms with van der Waals surface area (Å²) in [5.74, 6) is 0. The van der Waals surface area contributed by atoms with Gasteiger partial charge in [0.2, 0.25) is 0 Å². The molecule has 3 nitrogen and oxygen atoms in total. The first-order valence-corrected chi connectivity index (χ1v) is 7.42. The molecule has 0 saturated carbocycles. The van der Waals surface area contributed by atoms with Gasteiger partial charge in [0.05, 0.1) is 6.04 Å². The second-order valence-corrected chi connectivity index (χ2v) is 6.85. The van der Waals surface area contributed by atoms with Crippen molar-refractivity contribution >= 4 is 22.0 Å². The Morgan fingerprint density at radius 3 is 2.84 bits per heavy atom. The Bertz CT molecular complexity index is 480. The number of rotatable bonds is 1. The van der Waals surface area contributed by atoms with Crippen LogP contribution in [0.15, 0.2) is 22.7 Å². The van der Waals surface area contributed by atoms with Gasteiger partial charge in [-0.3, -0.25) is 0 Å². The van der Waals surface area contributed by atoms with E-state index in [9.17, 15) is 4.79 Å². The van der Waals surface area contributed by atoms with Gasteiger partial charge in [0.15, 0.2) is 0 Å². The number of nitrogens with one attached hydrogen (secondary N) is 1. The molecule has 0 heterocycles. The molecular weight excluding hydrogens is 306 g/mol. The summed E-state index contributed by atoms with van der Waals surface area (Å²) < 4.78 is 6.37. The zero-order chi connectivity index (χ0) is 14.0. The van der Waals surface area contributed by atoms with Crippen LogP contribution in [0, 0.1) is 0 Å². The van der Waals surface area contributed by atoms with Gasteiger partial charge in [0.1, 0.15) is 5.60 Å². The van der Waals surface area contributed by atoms with Crippen LogP contribution in [0.1, 0.15) is 50.8 Å². The molecule has 0 saturated heterocycles. The average molecular weight is 326 g/mol. The highest BCUT2D eigenvalue weighted by molar-refractivity contribution is 9.10. The van der Waals surface area contributed by atoms with E-state index in [4.69, 9.17) is 4.74 Å². The smallest absolute Gasteiger partial charge is 0.408 e. The molecule has 1 aliphatic rings. The Labute approximate surface area is 122 Å². The molecule has 1 aromatic carbocycles. The maximum absolute atomic E-state index is 11.9. The second-order valence-electron chi connectivity index (χ2n) is 5.93. The van der Waals surface area contributed by atoms with E-state index in [-0.39, 0.29) is 12.1 Å². The van der Waals surface area contributed by atoms with Crippen molar-refractivity contribution in [3.05, 3.63) is 33.8 Å². The highest BCUT2D eigenvalue weighted by atomic mass is 79.9. The lowest BCUT2D eigenvalue weighted by Crippen LogP contribution is -2.36. The lowest BCUT2D eigenvalue weighted by atomic mass is 9.88. The highest BCUT2D eigenvalue weighted by Gasteiger charge is 2.24. The molecule has 0 unspecified atom stereocenters. The number of benzene rings is 1. The summed E-state index contributed by atoms with van der Waals surface area (Å²) in [5, 5.41) is 2.98. The minimum absolute atomic E-state index is 0.0519. The lowest BCUT2D eigenvalue weighted by Gasteiger charge is -2.28. The van der Waals surface area contributed by atoms with E-state index < -0.39 is 5.60 Å². The Hall–Kier alpha value is -1.03. The molecule has 0 aromatic heterocycles. The summed E-state index contributed by atoms with van der Waals surface area (Å²) in [6, 6.07) is 6.32. The van der Waals surface area contributed by atoms with Gasteiger partial charge < -0.3 is 10.1 Å². The first-order chi connectivity index (χ1) is 8.85. The fraction of sp³-hybridized carbons (Fsp3) is 0.533. The molecule has 1 atom stereocenters. The first kappa shape index (κ1) is 14.4. The quantitative estimate of drug-likeness (QED) is 0.833. The van der Waals surface area contributed by atoms with Gasteiger partial charge >= 0.3 is 6.09 Å². The van der Waals surface area contributed by atoms with Crippen LogP contribution in [-0.4, -0.2) is 11.7 Å². The molecule has 4 heteroatoms. The first-order valence-electron chi connectivity index (χ1n) is 6.63. The summed E-state index contributed by atoms with van der Waals surface area (Å²) in [6.45, 7) is 5.62. The van der Waals surface area contributed by atoms with Crippen LogP contribution in [0.4, 0.5) is 4.79 Å². The van der Waals surface area contributed by atoms with Gasteiger partial charge in [-0.2, -0.15) is 0 Å². The molecule has 1 amide bonds. The zero-order valence-corrected chi connectivity index (χ0v) is 13.2. The van der Waals surface area contributed by atoms with Crippen LogP contribution in [-0.2, 0) is 11.2 Å². The van der Waals surface area contributed by atoms with Crippen LogP contribution < -0.4 is 5.32 Å². The van der Waals surface area contributed by atoms with Crippen LogP contribution in [0.25, 0.3) is 0 Å². The Kier molecular flexibility index (Phi) is 4.19. The normalized spacial score (nSPS) is 18.6. The number of ether oxygens (including phenoxy) is 1. The van der Waals surface area contributed by atoms with E-state index in [1.165, 1.54) is 11.1 Å². The minimum Gasteiger partial charge on any atom is -0.444 e. The molecular formula is C15H20BrNO2. The third kappa shape index (κ3) is 3.96. The number of alkyl carbamates (subject to hydrolysis) is 1. The van der Waals surface area contributed by atoms with Crippen molar-refractivity contribution in [1.82, 2.24) is 5.32 Å². The molecule has 0 fully saturated rings. The summed E-state index contributed by atoms with van der Waals surface area (Å²) >= 11 is 3.49. The molecule has 0 spiro atoms. The molecule has 0 aliphatic heterocycles. The van der Waals surface area contributed by atoms with Crippen molar-refractivity contribution in [2.45, 2.75) is 51.7 Å². The fourth-order valence-electron chi connectivity index (χ4n) is 2.37. The van der Waals surface area contributed by atoms with Crippen molar-refractivity contribution in [3.8, 4) is 0 Å². The van der Waals surface area contributed by atoms with E-state index in [0.717, 1.165) is 23.7 Å². The molecule has 0 bridgehead atoms. The van der Waals surface area contributed by atoms with Crippen molar-refractivity contribution in [1.29, 1.82) is 0 Å². The van der Waals surface area contributed by atoms with Crippen LogP contribution in [0.5, 0.6) is 0 Å². The van der Waals surface area contributed by atoms with Crippen molar-refractivity contribution in [3.63, 3.8) is 0 Å². The van der Waals surface area contributed by atoms with Gasteiger partial charge in [-0.25, -0.2) is 4.79 Å². The number of hydrogen-bond donors (Lipinski definition) is 1. The van der Waals surface area contributed by atoms with Crippen LogP contribution in [0.2, 0.25) is 0 Å². The van der Waals surface area contributed by atoms with E-state index in [2.05, 4.69) is 39.4 Å². The van der Waals surface area contributed by atoms with Crippen molar-refractivity contribution < 1.29 is 9.53 Å². The number of fused-ring (bicyclic) bond motifs is 1. The number of carbonyl (C=O) groups excluding carboxylic acids is 1. The Balaban J connectivity index is 2.11. The van der Waals surface area contributed by atoms with Gasteiger partial charge in [-0.05, 0) is 63.3 Å². The van der Waals surface area contributed by atoms with Crippen LogP contribution in [0.3, 0.4) is 0 Å². The topological polar surface area (TPSA) is 38.3 Å². The monoisotopic (exact) mass is 325 g/mol. The third-order valence-corrected chi connectivity index (χ3v) is 3.61. The summed E-state index contributed by atoms with van der Waals surface area (Å²) in [7, 11) is 0. The molecule has 1 aromatic rings. The van der Waals surface area contributed by atoms with E-state index in [0.29, 0.717) is 0 Å². The van der Waals surface area contributed by atoms with Crippen LogP contribution >= 0.6 is 15.9 Å². The molecule has 1 N–H and O–H groups in total. The molecule has 19 heavy (non-hydrogen) atoms. The standard InChI is InChI=1S/C15H20BrNO2/c1-15(2,3)19-14(18)17-13-6-4-5-10-7-8-11(16)9-12(10)13/h7-9,13H,4-6H2,1-3H3,(H,17,18)/t13-/m1/s1. The number of aryl methyl sites for hydroxylation is 1. The maximum atomic E-state index is 11.9. The highest BCUT2D eigenvalue weighted by Crippen LogP contribution is 2.32. The molecule has 0 radical (unpaired) electrons. The third-order valence-electron chi connectivity index (χ3n) is 3.11. The van der Waals surface area contributed by atoms with E-state index in [1.54, 1.807) is 0 Å². The van der Waals surface area contributed by atoms with E-state index in [1.807, 2.05) is 20.8 Å². The largest absolute Gasteiger partial charge is 0.444 e. The zero-order valence-electron chi connectivity index (χ0n) is 11.6. The lowest BCUT2D eigenvalue weighted by molar-refractivity contribution is 0.0498. The fourth-order valence-corrected chi connectivity index (χ4v) is 2.75. The number of carbonyl (C=O) groups is 1. The molecule has 104 valence electrons. The summed E-state index contributed by atoms with van der Waals surface area (Å²) in [5.41, 5.74) is 2.06. The predicted octanol–water partition coefficient (Wildman–Crippen LogP) is 4.35. The number of halogens is 1. The summed E-state index contributed by atoms with van der Waals surface area (Å²) in [4.78, 5) is 11.9. The molecule has 1 aliphatic carbocycles. The maximum Gasteiger partial charge on any atom is 0.408 e. The van der Waals surface area contributed by atoms with Gasteiger partial charge in [0, 0.05) is 4.47 Å².